The highest BCUT2D eigenvalue weighted by Gasteiger charge is 2.19. The first-order valence-electron chi connectivity index (χ1n) is 4.93. The number of hydrogen-bond donors (Lipinski definition) is 0. The lowest BCUT2D eigenvalue weighted by molar-refractivity contribution is 1.08. The third-order valence-corrected chi connectivity index (χ3v) is 2.70. The van der Waals surface area contributed by atoms with Gasteiger partial charge in [-0.05, 0) is 17.7 Å². The SMILES string of the molecule is C=C1Cc2ncccc2-c2cccnc21. The number of rotatable bonds is 0. The average Bonchev–Trinajstić information content (AvgIpc) is 2.30. The summed E-state index contributed by atoms with van der Waals surface area (Å²) >= 11 is 0. The van der Waals surface area contributed by atoms with Gasteiger partial charge in [-0.3, -0.25) is 9.97 Å². The van der Waals surface area contributed by atoms with Crippen molar-refractivity contribution in [2.45, 2.75) is 6.42 Å². The van der Waals surface area contributed by atoms with Crippen LogP contribution in [0.15, 0.2) is 43.2 Å². The first-order valence-corrected chi connectivity index (χ1v) is 4.93. The Morgan fingerprint density at radius 3 is 2.60 bits per heavy atom. The van der Waals surface area contributed by atoms with Gasteiger partial charge in [-0.1, -0.05) is 18.7 Å². The summed E-state index contributed by atoms with van der Waals surface area (Å²) in [6, 6.07) is 8.08. The molecule has 1 aliphatic rings. The quantitative estimate of drug-likeness (QED) is 0.644. The molecule has 15 heavy (non-hydrogen) atoms. The van der Waals surface area contributed by atoms with E-state index >= 15 is 0 Å². The summed E-state index contributed by atoms with van der Waals surface area (Å²) in [6.45, 7) is 4.05. The van der Waals surface area contributed by atoms with Crippen LogP contribution in [0.3, 0.4) is 0 Å². The molecule has 2 aromatic heterocycles. The van der Waals surface area contributed by atoms with Crippen molar-refractivity contribution in [3.63, 3.8) is 0 Å². The molecule has 0 aromatic carbocycles. The van der Waals surface area contributed by atoms with Crippen molar-refractivity contribution in [3.05, 3.63) is 54.6 Å². The Kier molecular flexibility index (Phi) is 1.68. The minimum atomic E-state index is 0.806. The molecule has 2 aromatic rings. The summed E-state index contributed by atoms with van der Waals surface area (Å²) in [7, 11) is 0. The van der Waals surface area contributed by atoms with E-state index in [9.17, 15) is 0 Å². The van der Waals surface area contributed by atoms with Gasteiger partial charge in [0.1, 0.15) is 0 Å². The maximum absolute atomic E-state index is 4.38. The Morgan fingerprint density at radius 2 is 1.73 bits per heavy atom. The smallest absolute Gasteiger partial charge is 0.0738 e. The molecule has 0 saturated heterocycles. The first kappa shape index (κ1) is 8.36. The first-order chi connectivity index (χ1) is 7.36. The number of aromatic nitrogens is 2. The van der Waals surface area contributed by atoms with Gasteiger partial charge in [-0.25, -0.2) is 0 Å². The Morgan fingerprint density at radius 1 is 1.00 bits per heavy atom. The van der Waals surface area contributed by atoms with Gasteiger partial charge in [0.25, 0.3) is 0 Å². The standard InChI is InChI=1S/C13H10N2/c1-9-8-12-10(4-2-6-14-12)11-5-3-7-15-13(9)11/h2-7H,1,8H2. The zero-order chi connectivity index (χ0) is 10.3. The zero-order valence-corrected chi connectivity index (χ0v) is 8.27. The van der Waals surface area contributed by atoms with E-state index in [0.29, 0.717) is 0 Å². The molecule has 0 saturated carbocycles. The molecule has 0 N–H and O–H groups in total. The molecule has 1 aliphatic carbocycles. The number of hydrogen-bond acceptors (Lipinski definition) is 2. The molecular formula is C13H10N2. The van der Waals surface area contributed by atoms with Gasteiger partial charge in [-0.2, -0.15) is 0 Å². The fourth-order valence-corrected chi connectivity index (χ4v) is 2.01. The maximum Gasteiger partial charge on any atom is 0.0738 e. The summed E-state index contributed by atoms with van der Waals surface area (Å²) in [5, 5.41) is 0. The fourth-order valence-electron chi connectivity index (χ4n) is 2.01. The van der Waals surface area contributed by atoms with Gasteiger partial charge in [0, 0.05) is 29.9 Å². The predicted molar refractivity (Wildman–Crippen MR) is 60.2 cm³/mol. The number of fused-ring (bicyclic) bond motifs is 3. The van der Waals surface area contributed by atoms with E-state index in [2.05, 4.69) is 28.7 Å². The molecule has 0 spiro atoms. The van der Waals surface area contributed by atoms with Crippen LogP contribution in [0.2, 0.25) is 0 Å². The largest absolute Gasteiger partial charge is 0.260 e. The van der Waals surface area contributed by atoms with Gasteiger partial charge in [-0.15, -0.1) is 0 Å². The second-order valence-electron chi connectivity index (χ2n) is 3.68. The molecule has 2 heterocycles. The summed E-state index contributed by atoms with van der Waals surface area (Å²) < 4.78 is 0. The van der Waals surface area contributed by atoms with E-state index in [0.717, 1.165) is 28.9 Å². The molecule has 0 radical (unpaired) electrons. The summed E-state index contributed by atoms with van der Waals surface area (Å²) in [5.74, 6) is 0. The van der Waals surface area contributed by atoms with E-state index in [-0.39, 0.29) is 0 Å². The van der Waals surface area contributed by atoms with Crippen molar-refractivity contribution in [1.82, 2.24) is 9.97 Å². The highest BCUT2D eigenvalue weighted by molar-refractivity contribution is 5.84. The lowest BCUT2D eigenvalue weighted by Gasteiger charge is -2.19. The molecule has 2 nitrogen and oxygen atoms in total. The van der Waals surface area contributed by atoms with E-state index in [1.165, 1.54) is 5.56 Å². The van der Waals surface area contributed by atoms with E-state index in [4.69, 9.17) is 0 Å². The van der Waals surface area contributed by atoms with Crippen molar-refractivity contribution >= 4 is 5.57 Å². The lowest BCUT2D eigenvalue weighted by atomic mass is 9.89. The van der Waals surface area contributed by atoms with Crippen LogP contribution in [0, 0.1) is 0 Å². The number of nitrogens with zero attached hydrogens (tertiary/aromatic N) is 2. The molecule has 0 unspecified atom stereocenters. The van der Waals surface area contributed by atoms with Crippen molar-refractivity contribution in [2.75, 3.05) is 0 Å². The van der Waals surface area contributed by atoms with E-state index in [1.54, 1.807) is 0 Å². The summed E-state index contributed by atoms with van der Waals surface area (Å²) in [6.07, 6.45) is 4.44. The van der Waals surface area contributed by atoms with Crippen LogP contribution in [-0.2, 0) is 6.42 Å². The molecule has 0 amide bonds. The van der Waals surface area contributed by atoms with Crippen LogP contribution in [0.5, 0.6) is 0 Å². The Hall–Kier alpha value is -1.96. The summed E-state index contributed by atoms with van der Waals surface area (Å²) in [4.78, 5) is 8.75. The molecule has 3 rings (SSSR count). The van der Waals surface area contributed by atoms with Gasteiger partial charge in [0.2, 0.25) is 0 Å². The Balaban J connectivity index is 2.34. The predicted octanol–water partition coefficient (Wildman–Crippen LogP) is 2.71. The second kappa shape index (κ2) is 3.02. The van der Waals surface area contributed by atoms with Gasteiger partial charge in [0.15, 0.2) is 0 Å². The fraction of sp³-hybridized carbons (Fsp3) is 0.0769. The Labute approximate surface area is 88.3 Å². The van der Waals surface area contributed by atoms with Gasteiger partial charge < -0.3 is 0 Å². The van der Waals surface area contributed by atoms with E-state index in [1.807, 2.05) is 24.5 Å². The van der Waals surface area contributed by atoms with Crippen LogP contribution in [0.1, 0.15) is 11.4 Å². The molecular weight excluding hydrogens is 184 g/mol. The van der Waals surface area contributed by atoms with Crippen LogP contribution < -0.4 is 0 Å². The lowest BCUT2D eigenvalue weighted by Crippen LogP contribution is -2.05. The third-order valence-electron chi connectivity index (χ3n) is 2.70. The van der Waals surface area contributed by atoms with Crippen molar-refractivity contribution in [3.8, 4) is 11.1 Å². The third kappa shape index (κ3) is 1.18. The highest BCUT2D eigenvalue weighted by Crippen LogP contribution is 2.35. The van der Waals surface area contributed by atoms with Crippen molar-refractivity contribution in [1.29, 1.82) is 0 Å². The monoisotopic (exact) mass is 194 g/mol. The van der Waals surface area contributed by atoms with Crippen LogP contribution in [-0.4, -0.2) is 9.97 Å². The van der Waals surface area contributed by atoms with Crippen molar-refractivity contribution in [2.24, 2.45) is 0 Å². The molecule has 0 atom stereocenters. The zero-order valence-electron chi connectivity index (χ0n) is 8.27. The average molecular weight is 194 g/mol. The van der Waals surface area contributed by atoms with E-state index < -0.39 is 0 Å². The second-order valence-corrected chi connectivity index (χ2v) is 3.68. The van der Waals surface area contributed by atoms with Crippen LogP contribution >= 0.6 is 0 Å². The van der Waals surface area contributed by atoms with Crippen LogP contribution in [0.25, 0.3) is 16.7 Å². The molecule has 72 valence electrons. The Bertz CT molecular complexity index is 544. The van der Waals surface area contributed by atoms with Gasteiger partial charge in [0.05, 0.1) is 11.4 Å². The van der Waals surface area contributed by atoms with Crippen LogP contribution in [0.4, 0.5) is 0 Å². The molecule has 2 heteroatoms. The summed E-state index contributed by atoms with van der Waals surface area (Å²) in [5.41, 5.74) is 5.50. The normalized spacial score (nSPS) is 13.2. The molecule has 0 aliphatic heterocycles. The maximum atomic E-state index is 4.38. The number of pyridine rings is 2. The minimum Gasteiger partial charge on any atom is -0.260 e. The minimum absolute atomic E-state index is 0.806. The molecule has 0 fully saturated rings. The number of allylic oxidation sites excluding steroid dienone is 1. The van der Waals surface area contributed by atoms with Crippen molar-refractivity contribution < 1.29 is 0 Å². The van der Waals surface area contributed by atoms with Gasteiger partial charge >= 0.3 is 0 Å². The molecule has 0 bridgehead atoms. The highest BCUT2D eigenvalue weighted by atomic mass is 14.7. The topological polar surface area (TPSA) is 25.8 Å².